The summed E-state index contributed by atoms with van der Waals surface area (Å²) in [4.78, 5) is 10.5. The molecule has 4 nitrogen and oxygen atoms in total. The molecular weight excluding hydrogens is 182 g/mol. The van der Waals surface area contributed by atoms with Gasteiger partial charge in [-0.3, -0.25) is 15.5 Å². The van der Waals surface area contributed by atoms with Crippen molar-refractivity contribution >= 4 is 11.7 Å². The van der Waals surface area contributed by atoms with Crippen LogP contribution in [0.4, 0.5) is 5.69 Å². The second-order valence-electron chi connectivity index (χ2n) is 2.90. The van der Waals surface area contributed by atoms with E-state index < -0.39 is 0 Å². The molecule has 0 saturated carbocycles. The van der Waals surface area contributed by atoms with Gasteiger partial charge < -0.3 is 4.74 Å². The van der Waals surface area contributed by atoms with Crippen molar-refractivity contribution in [2.75, 3.05) is 12.1 Å². The van der Waals surface area contributed by atoms with Crippen molar-refractivity contribution in [1.82, 2.24) is 0 Å². The highest BCUT2D eigenvalue weighted by molar-refractivity contribution is 5.65. The molecule has 0 aromatic heterocycles. The van der Waals surface area contributed by atoms with E-state index in [1.54, 1.807) is 12.1 Å². The summed E-state index contributed by atoms with van der Waals surface area (Å²) in [6, 6.07) is 7.23. The van der Waals surface area contributed by atoms with Crippen LogP contribution in [-0.4, -0.2) is 17.8 Å². The fourth-order valence-electron chi connectivity index (χ4n) is 1.06. The maximum absolute atomic E-state index is 10.5. The molecule has 0 unspecified atom stereocenters. The van der Waals surface area contributed by atoms with Gasteiger partial charge >= 0.3 is 5.97 Å². The Labute approximate surface area is 82.5 Å². The maximum Gasteiger partial charge on any atom is 0.302 e. The van der Waals surface area contributed by atoms with E-state index in [1.807, 2.05) is 17.6 Å². The number of esters is 1. The predicted octanol–water partition coefficient (Wildman–Crippen LogP) is 1.59. The van der Waals surface area contributed by atoms with Gasteiger partial charge in [-0.05, 0) is 17.7 Å². The van der Waals surface area contributed by atoms with Crippen LogP contribution in [0.2, 0.25) is 0 Å². The molecule has 0 atom stereocenters. The molecule has 0 aliphatic carbocycles. The van der Waals surface area contributed by atoms with Gasteiger partial charge in [-0.25, -0.2) is 0 Å². The fraction of sp³-hybridized carbons (Fsp3) is 0.300. The molecule has 1 aromatic carbocycles. The van der Waals surface area contributed by atoms with E-state index in [0.29, 0.717) is 18.7 Å². The topological polar surface area (TPSA) is 58.6 Å². The summed E-state index contributed by atoms with van der Waals surface area (Å²) in [5, 5.41) is 8.56. The summed E-state index contributed by atoms with van der Waals surface area (Å²) in [6.45, 7) is 1.78. The summed E-state index contributed by atoms with van der Waals surface area (Å²) in [6.07, 6.45) is 0.686. The van der Waals surface area contributed by atoms with Crippen LogP contribution >= 0.6 is 0 Å². The first kappa shape index (κ1) is 10.5. The highest BCUT2D eigenvalue weighted by atomic mass is 16.5. The van der Waals surface area contributed by atoms with Crippen molar-refractivity contribution in [3.05, 3.63) is 29.8 Å². The Hall–Kier alpha value is -1.55. The second kappa shape index (κ2) is 5.24. The molecule has 0 aliphatic rings. The molecule has 14 heavy (non-hydrogen) atoms. The van der Waals surface area contributed by atoms with Gasteiger partial charge in [0, 0.05) is 13.3 Å². The summed E-state index contributed by atoms with van der Waals surface area (Å²) in [7, 11) is 0. The largest absolute Gasteiger partial charge is 0.466 e. The molecule has 76 valence electrons. The minimum atomic E-state index is -0.265. The van der Waals surface area contributed by atoms with Gasteiger partial charge in [-0.15, -0.1) is 0 Å². The first-order chi connectivity index (χ1) is 6.72. The third-order valence-electron chi connectivity index (χ3n) is 1.78. The zero-order chi connectivity index (χ0) is 10.4. The van der Waals surface area contributed by atoms with Crippen molar-refractivity contribution in [3.8, 4) is 0 Å². The van der Waals surface area contributed by atoms with Crippen LogP contribution in [0.25, 0.3) is 0 Å². The lowest BCUT2D eigenvalue weighted by atomic mass is 10.1. The zero-order valence-corrected chi connectivity index (χ0v) is 7.99. The summed E-state index contributed by atoms with van der Waals surface area (Å²) in [5.74, 6) is -0.265. The Balaban J connectivity index is 2.40. The standard InChI is InChI=1S/C10H13NO3/c1-8(12)14-7-6-9-2-4-10(11-13)5-3-9/h2-5,11,13H,6-7H2,1H3. The monoisotopic (exact) mass is 195 g/mol. The van der Waals surface area contributed by atoms with Crippen LogP contribution in [0, 0.1) is 0 Å². The lowest BCUT2D eigenvalue weighted by Crippen LogP contribution is -2.03. The number of ether oxygens (including phenoxy) is 1. The highest BCUT2D eigenvalue weighted by Gasteiger charge is 1.96. The molecule has 4 heteroatoms. The molecule has 0 bridgehead atoms. The molecule has 1 rings (SSSR count). The summed E-state index contributed by atoms with van der Waals surface area (Å²) in [5.41, 5.74) is 3.74. The van der Waals surface area contributed by atoms with Gasteiger partial charge in [-0.1, -0.05) is 12.1 Å². The van der Waals surface area contributed by atoms with Crippen LogP contribution in [0.5, 0.6) is 0 Å². The van der Waals surface area contributed by atoms with Crippen molar-refractivity contribution in [1.29, 1.82) is 0 Å². The zero-order valence-electron chi connectivity index (χ0n) is 7.99. The number of nitrogens with one attached hydrogen (secondary N) is 1. The smallest absolute Gasteiger partial charge is 0.302 e. The Morgan fingerprint density at radius 2 is 2.07 bits per heavy atom. The van der Waals surface area contributed by atoms with E-state index in [0.717, 1.165) is 5.56 Å². The fourth-order valence-corrected chi connectivity index (χ4v) is 1.06. The van der Waals surface area contributed by atoms with E-state index in [2.05, 4.69) is 0 Å². The normalized spacial score (nSPS) is 9.57. The quantitative estimate of drug-likeness (QED) is 0.566. The summed E-state index contributed by atoms with van der Waals surface area (Å²) < 4.78 is 4.80. The van der Waals surface area contributed by atoms with Gasteiger partial charge in [0.15, 0.2) is 0 Å². The van der Waals surface area contributed by atoms with Crippen LogP contribution in [0.3, 0.4) is 0 Å². The first-order valence-electron chi connectivity index (χ1n) is 4.35. The van der Waals surface area contributed by atoms with Crippen LogP contribution < -0.4 is 5.48 Å². The van der Waals surface area contributed by atoms with Gasteiger partial charge in [0.05, 0.1) is 12.3 Å². The average Bonchev–Trinajstić information content (AvgIpc) is 2.18. The Bertz CT molecular complexity index is 295. The molecule has 2 N–H and O–H groups in total. The van der Waals surface area contributed by atoms with Crippen LogP contribution in [0.1, 0.15) is 12.5 Å². The maximum atomic E-state index is 10.5. The molecular formula is C10H13NO3. The lowest BCUT2D eigenvalue weighted by molar-refractivity contribution is -0.140. The molecule has 0 spiro atoms. The molecule has 0 amide bonds. The van der Waals surface area contributed by atoms with E-state index in [-0.39, 0.29) is 5.97 Å². The number of anilines is 1. The number of carbonyl (C=O) groups excluding carboxylic acids is 1. The van der Waals surface area contributed by atoms with Crippen LogP contribution in [0.15, 0.2) is 24.3 Å². The average molecular weight is 195 g/mol. The van der Waals surface area contributed by atoms with Gasteiger partial charge in [-0.2, -0.15) is 0 Å². The number of benzene rings is 1. The van der Waals surface area contributed by atoms with Crippen molar-refractivity contribution in [2.45, 2.75) is 13.3 Å². The molecule has 0 fully saturated rings. The predicted molar refractivity (Wildman–Crippen MR) is 52.2 cm³/mol. The molecule has 0 heterocycles. The van der Waals surface area contributed by atoms with Crippen molar-refractivity contribution < 1.29 is 14.7 Å². The second-order valence-corrected chi connectivity index (χ2v) is 2.90. The van der Waals surface area contributed by atoms with Gasteiger partial charge in [0.2, 0.25) is 0 Å². The highest BCUT2D eigenvalue weighted by Crippen LogP contribution is 2.08. The molecule has 0 aliphatic heterocycles. The summed E-state index contributed by atoms with van der Waals surface area (Å²) >= 11 is 0. The number of hydrogen-bond acceptors (Lipinski definition) is 4. The number of rotatable bonds is 4. The Morgan fingerprint density at radius 3 is 2.57 bits per heavy atom. The third-order valence-corrected chi connectivity index (χ3v) is 1.78. The van der Waals surface area contributed by atoms with E-state index in [9.17, 15) is 4.79 Å². The van der Waals surface area contributed by atoms with E-state index in [1.165, 1.54) is 6.92 Å². The minimum absolute atomic E-state index is 0.265. The lowest BCUT2D eigenvalue weighted by Gasteiger charge is -2.03. The number of hydrogen-bond donors (Lipinski definition) is 2. The first-order valence-corrected chi connectivity index (χ1v) is 4.35. The SMILES string of the molecule is CC(=O)OCCc1ccc(NO)cc1. The van der Waals surface area contributed by atoms with Crippen molar-refractivity contribution in [3.63, 3.8) is 0 Å². The van der Waals surface area contributed by atoms with Gasteiger partial charge in [0.25, 0.3) is 0 Å². The number of carbonyl (C=O) groups is 1. The minimum Gasteiger partial charge on any atom is -0.466 e. The molecule has 0 saturated heterocycles. The van der Waals surface area contributed by atoms with E-state index in [4.69, 9.17) is 9.94 Å². The van der Waals surface area contributed by atoms with E-state index >= 15 is 0 Å². The van der Waals surface area contributed by atoms with Crippen LogP contribution in [-0.2, 0) is 16.0 Å². The Kier molecular flexibility index (Phi) is 3.94. The van der Waals surface area contributed by atoms with Crippen molar-refractivity contribution in [2.24, 2.45) is 0 Å². The molecule has 0 radical (unpaired) electrons. The Morgan fingerprint density at radius 1 is 1.43 bits per heavy atom. The third kappa shape index (κ3) is 3.45. The van der Waals surface area contributed by atoms with Gasteiger partial charge in [0.1, 0.15) is 0 Å². The molecule has 1 aromatic rings.